The molecule has 6 heteroatoms. The summed E-state index contributed by atoms with van der Waals surface area (Å²) in [4.78, 5) is 18.0. The number of hydrogen-bond donors (Lipinski definition) is 2. The van der Waals surface area contributed by atoms with Gasteiger partial charge in [0, 0.05) is 41.3 Å². The van der Waals surface area contributed by atoms with Gasteiger partial charge in [0.25, 0.3) is 0 Å². The zero-order valence-corrected chi connectivity index (χ0v) is 15.8. The monoisotopic (exact) mass is 383 g/mol. The van der Waals surface area contributed by atoms with E-state index < -0.39 is 11.6 Å². The molecule has 4 rings (SSSR count). The van der Waals surface area contributed by atoms with Crippen molar-refractivity contribution in [2.75, 3.05) is 19.6 Å². The Balaban J connectivity index is 1.36. The van der Waals surface area contributed by atoms with E-state index in [1.165, 1.54) is 29.1 Å². The van der Waals surface area contributed by atoms with Gasteiger partial charge in [0.15, 0.2) is 0 Å². The third kappa shape index (κ3) is 3.52. The van der Waals surface area contributed by atoms with Crippen LogP contribution in [0.3, 0.4) is 0 Å². The van der Waals surface area contributed by atoms with E-state index in [0.717, 1.165) is 24.2 Å². The van der Waals surface area contributed by atoms with Crippen LogP contribution in [0.15, 0.2) is 42.5 Å². The highest BCUT2D eigenvalue weighted by molar-refractivity contribution is 5.85. The van der Waals surface area contributed by atoms with Crippen LogP contribution in [0.25, 0.3) is 10.9 Å². The van der Waals surface area contributed by atoms with Gasteiger partial charge in [-0.2, -0.15) is 0 Å². The van der Waals surface area contributed by atoms with E-state index in [-0.39, 0.29) is 37.0 Å². The summed E-state index contributed by atoms with van der Waals surface area (Å²) in [7, 11) is 0. The molecule has 1 aliphatic rings. The van der Waals surface area contributed by atoms with Gasteiger partial charge in [-0.25, -0.2) is 8.78 Å². The largest absolute Gasteiger partial charge is 0.357 e. The molecule has 146 valence electrons. The lowest BCUT2D eigenvalue weighted by Gasteiger charge is -2.32. The molecule has 0 bridgehead atoms. The van der Waals surface area contributed by atoms with Gasteiger partial charge in [0.1, 0.15) is 11.6 Å². The fourth-order valence-electron chi connectivity index (χ4n) is 4.03. The summed E-state index contributed by atoms with van der Waals surface area (Å²) in [6.07, 6.45) is 1.02. The number of aromatic nitrogens is 1. The number of fused-ring (bicyclic) bond motifs is 3. The fraction of sp³-hybridized carbons (Fsp3) is 0.318. The summed E-state index contributed by atoms with van der Waals surface area (Å²) >= 11 is 0. The zero-order chi connectivity index (χ0) is 19.7. The maximum absolute atomic E-state index is 13.7. The predicted molar refractivity (Wildman–Crippen MR) is 105 cm³/mol. The molecule has 28 heavy (non-hydrogen) atoms. The van der Waals surface area contributed by atoms with Gasteiger partial charge in [-0.1, -0.05) is 24.3 Å². The third-order valence-electron chi connectivity index (χ3n) is 5.57. The van der Waals surface area contributed by atoms with E-state index in [9.17, 15) is 13.6 Å². The smallest absolute Gasteiger partial charge is 0.234 e. The summed E-state index contributed by atoms with van der Waals surface area (Å²) in [6, 6.07) is 12.1. The van der Waals surface area contributed by atoms with E-state index in [4.69, 9.17) is 0 Å². The first-order valence-corrected chi connectivity index (χ1v) is 9.57. The van der Waals surface area contributed by atoms with Crippen LogP contribution >= 0.6 is 0 Å². The van der Waals surface area contributed by atoms with E-state index in [1.54, 1.807) is 0 Å². The quantitative estimate of drug-likeness (QED) is 0.705. The van der Waals surface area contributed by atoms with Gasteiger partial charge in [-0.05, 0) is 43.5 Å². The highest BCUT2D eigenvalue weighted by Crippen LogP contribution is 2.33. The lowest BCUT2D eigenvalue weighted by molar-refractivity contribution is -0.122. The maximum atomic E-state index is 13.7. The maximum Gasteiger partial charge on any atom is 0.234 e. The Bertz CT molecular complexity index is 994. The number of aromatic amines is 1. The van der Waals surface area contributed by atoms with Crippen molar-refractivity contribution in [3.63, 3.8) is 0 Å². The molecule has 2 heterocycles. The summed E-state index contributed by atoms with van der Waals surface area (Å²) in [5.74, 6) is -1.29. The van der Waals surface area contributed by atoms with E-state index in [2.05, 4.69) is 34.3 Å². The molecule has 1 atom stereocenters. The molecule has 1 amide bonds. The number of para-hydroxylation sites is 1. The van der Waals surface area contributed by atoms with Crippen LogP contribution in [-0.4, -0.2) is 35.4 Å². The number of benzene rings is 2. The number of nitrogens with one attached hydrogen (secondary N) is 2. The van der Waals surface area contributed by atoms with Crippen molar-refractivity contribution >= 4 is 16.8 Å². The van der Waals surface area contributed by atoms with Crippen LogP contribution in [0.5, 0.6) is 0 Å². The van der Waals surface area contributed by atoms with Gasteiger partial charge in [0.2, 0.25) is 5.91 Å². The first-order chi connectivity index (χ1) is 13.5. The van der Waals surface area contributed by atoms with Crippen molar-refractivity contribution in [2.45, 2.75) is 25.8 Å². The zero-order valence-electron chi connectivity index (χ0n) is 15.8. The highest BCUT2D eigenvalue weighted by atomic mass is 19.1. The van der Waals surface area contributed by atoms with Gasteiger partial charge in [-0.3, -0.25) is 9.69 Å². The first-order valence-electron chi connectivity index (χ1n) is 9.57. The van der Waals surface area contributed by atoms with E-state index in [1.807, 2.05) is 12.1 Å². The van der Waals surface area contributed by atoms with Gasteiger partial charge in [-0.15, -0.1) is 0 Å². The molecule has 1 aliphatic heterocycles. The molecule has 0 spiro atoms. The summed E-state index contributed by atoms with van der Waals surface area (Å²) in [5, 5.41) is 4.03. The van der Waals surface area contributed by atoms with Crippen molar-refractivity contribution in [3.8, 4) is 0 Å². The lowest BCUT2D eigenvalue weighted by Crippen LogP contribution is -2.42. The Morgan fingerprint density at radius 2 is 1.93 bits per heavy atom. The Hall–Kier alpha value is -2.73. The summed E-state index contributed by atoms with van der Waals surface area (Å²) in [5.41, 5.74) is 3.62. The second-order valence-corrected chi connectivity index (χ2v) is 7.26. The topological polar surface area (TPSA) is 48.1 Å². The number of nitrogens with zero attached hydrogens (tertiary/aromatic N) is 1. The Kier molecular flexibility index (Phi) is 5.13. The average Bonchev–Trinajstić information content (AvgIpc) is 3.06. The van der Waals surface area contributed by atoms with Crippen LogP contribution in [0.2, 0.25) is 0 Å². The van der Waals surface area contributed by atoms with E-state index >= 15 is 0 Å². The second-order valence-electron chi connectivity index (χ2n) is 7.26. The number of rotatable bonds is 5. The number of carbonyl (C=O) groups is 1. The molecule has 0 aliphatic carbocycles. The van der Waals surface area contributed by atoms with E-state index in [0.29, 0.717) is 0 Å². The van der Waals surface area contributed by atoms with Crippen molar-refractivity contribution < 1.29 is 13.6 Å². The van der Waals surface area contributed by atoms with Crippen molar-refractivity contribution in [1.82, 2.24) is 15.2 Å². The molecule has 0 saturated heterocycles. The van der Waals surface area contributed by atoms with Crippen molar-refractivity contribution in [3.05, 3.63) is 70.9 Å². The number of amides is 1. The molecule has 2 aromatic carbocycles. The molecule has 4 nitrogen and oxygen atoms in total. The van der Waals surface area contributed by atoms with Crippen LogP contribution in [0.4, 0.5) is 8.78 Å². The van der Waals surface area contributed by atoms with Crippen LogP contribution in [0.1, 0.15) is 29.8 Å². The number of H-pyrrole nitrogens is 1. The molecule has 0 radical (unpaired) electrons. The normalized spacial score (nSPS) is 16.9. The molecule has 3 aromatic rings. The molecule has 0 unspecified atom stereocenters. The molecule has 0 saturated carbocycles. The van der Waals surface area contributed by atoms with Crippen LogP contribution in [-0.2, 0) is 17.6 Å². The minimum absolute atomic E-state index is 0.0110. The fourth-order valence-corrected chi connectivity index (χ4v) is 4.03. The minimum atomic E-state index is -0.578. The minimum Gasteiger partial charge on any atom is -0.357 e. The highest BCUT2D eigenvalue weighted by Gasteiger charge is 2.28. The van der Waals surface area contributed by atoms with Crippen molar-refractivity contribution in [1.29, 1.82) is 0 Å². The molecule has 0 fully saturated rings. The van der Waals surface area contributed by atoms with Gasteiger partial charge >= 0.3 is 0 Å². The predicted octanol–water partition coefficient (Wildman–Crippen LogP) is 3.72. The number of carbonyl (C=O) groups excluding carboxylic acids is 1. The SMILES string of the molecule is C[C@H]1c2[nH]c3ccccc3c2CCN1CC(=O)NCCc1c(F)cccc1F. The lowest BCUT2D eigenvalue weighted by atomic mass is 9.98. The third-order valence-corrected chi connectivity index (χ3v) is 5.57. The summed E-state index contributed by atoms with van der Waals surface area (Å²) < 4.78 is 27.3. The Morgan fingerprint density at radius 3 is 2.71 bits per heavy atom. The van der Waals surface area contributed by atoms with Crippen LogP contribution < -0.4 is 5.32 Å². The molecular formula is C22H23F2N3O. The Labute approximate surface area is 162 Å². The average molecular weight is 383 g/mol. The molecular weight excluding hydrogens is 360 g/mol. The molecule has 2 N–H and O–H groups in total. The molecule has 1 aromatic heterocycles. The number of hydrogen-bond acceptors (Lipinski definition) is 2. The van der Waals surface area contributed by atoms with Crippen LogP contribution in [0, 0.1) is 11.6 Å². The van der Waals surface area contributed by atoms with Gasteiger partial charge in [0.05, 0.1) is 6.54 Å². The summed E-state index contributed by atoms with van der Waals surface area (Å²) in [6.45, 7) is 3.35. The van der Waals surface area contributed by atoms with Crippen molar-refractivity contribution in [2.24, 2.45) is 0 Å². The standard InChI is InChI=1S/C22H23F2N3O/c1-14-22-16(15-5-2-3-8-20(15)26-22)10-12-27(14)13-21(28)25-11-9-17-18(23)6-4-7-19(17)24/h2-8,14,26H,9-13H2,1H3,(H,25,28)/t14-/m0/s1. The first kappa shape index (κ1) is 18.6. The van der Waals surface area contributed by atoms with Gasteiger partial charge < -0.3 is 10.3 Å². The second kappa shape index (κ2) is 7.72. The number of halogens is 2. The Morgan fingerprint density at radius 1 is 1.18 bits per heavy atom.